The van der Waals surface area contributed by atoms with Crippen molar-refractivity contribution in [2.45, 2.75) is 20.1 Å². The van der Waals surface area contributed by atoms with Crippen molar-refractivity contribution in [1.29, 1.82) is 0 Å². The van der Waals surface area contributed by atoms with Crippen molar-refractivity contribution in [3.8, 4) is 23.0 Å². The van der Waals surface area contributed by atoms with Gasteiger partial charge in [-0.3, -0.25) is 4.68 Å². The van der Waals surface area contributed by atoms with E-state index in [0.29, 0.717) is 22.2 Å². The van der Waals surface area contributed by atoms with Gasteiger partial charge in [-0.15, -0.1) is 10.2 Å². The molecule has 0 N–H and O–H groups in total. The Bertz CT molecular complexity index is 862. The number of hydrogen-bond acceptors (Lipinski definition) is 6. The van der Waals surface area contributed by atoms with E-state index < -0.39 is 6.61 Å². The summed E-state index contributed by atoms with van der Waals surface area (Å²) in [6.07, 6.45) is 1.65. The van der Waals surface area contributed by atoms with Gasteiger partial charge in [0.2, 0.25) is 11.8 Å². The zero-order chi connectivity index (χ0) is 18.0. The monoisotopic (exact) mass is 370 g/mol. The second-order valence-electron chi connectivity index (χ2n) is 5.01. The standard InChI is InChI=1S/C15H13ClF2N4O3/c1-8-10(16)6-22(21-8)7-13-19-20-14(25-13)9-3-4-11(24-15(17)18)12(5-9)23-2/h3-6,15H,7H2,1-2H3. The summed E-state index contributed by atoms with van der Waals surface area (Å²) >= 11 is 5.95. The van der Waals surface area contributed by atoms with E-state index in [1.54, 1.807) is 17.8 Å². The summed E-state index contributed by atoms with van der Waals surface area (Å²) in [5.41, 5.74) is 1.20. The third kappa shape index (κ3) is 3.87. The summed E-state index contributed by atoms with van der Waals surface area (Å²) in [7, 11) is 1.35. The molecule has 0 amide bonds. The van der Waals surface area contributed by atoms with Crippen LogP contribution in [-0.4, -0.2) is 33.7 Å². The Balaban J connectivity index is 1.81. The molecule has 0 radical (unpaired) electrons. The minimum Gasteiger partial charge on any atom is -0.493 e. The van der Waals surface area contributed by atoms with Crippen LogP contribution in [0.3, 0.4) is 0 Å². The molecule has 0 aliphatic heterocycles. The van der Waals surface area contributed by atoms with E-state index in [1.165, 1.54) is 25.3 Å². The van der Waals surface area contributed by atoms with Crippen LogP contribution >= 0.6 is 11.6 Å². The fraction of sp³-hybridized carbons (Fsp3) is 0.267. The molecule has 0 bridgehead atoms. The van der Waals surface area contributed by atoms with Crippen LogP contribution in [0.5, 0.6) is 11.5 Å². The number of alkyl halides is 2. The molecule has 3 aromatic rings. The first-order valence-corrected chi connectivity index (χ1v) is 7.49. The lowest BCUT2D eigenvalue weighted by atomic mass is 10.2. The Kier molecular flexibility index (Phi) is 4.84. The van der Waals surface area contributed by atoms with Crippen molar-refractivity contribution in [3.63, 3.8) is 0 Å². The summed E-state index contributed by atoms with van der Waals surface area (Å²) in [4.78, 5) is 0. The van der Waals surface area contributed by atoms with Crippen LogP contribution in [0, 0.1) is 6.92 Å². The molecule has 0 atom stereocenters. The molecule has 0 saturated carbocycles. The number of aromatic nitrogens is 4. The van der Waals surface area contributed by atoms with Crippen LogP contribution < -0.4 is 9.47 Å². The molecule has 0 aliphatic carbocycles. The van der Waals surface area contributed by atoms with Gasteiger partial charge in [0.15, 0.2) is 11.5 Å². The van der Waals surface area contributed by atoms with Gasteiger partial charge in [0, 0.05) is 11.8 Å². The van der Waals surface area contributed by atoms with Gasteiger partial charge >= 0.3 is 6.61 Å². The van der Waals surface area contributed by atoms with Crippen molar-refractivity contribution >= 4 is 11.6 Å². The van der Waals surface area contributed by atoms with Crippen LogP contribution in [0.15, 0.2) is 28.8 Å². The van der Waals surface area contributed by atoms with Gasteiger partial charge < -0.3 is 13.9 Å². The van der Waals surface area contributed by atoms with Crippen LogP contribution in [0.25, 0.3) is 11.5 Å². The summed E-state index contributed by atoms with van der Waals surface area (Å²) in [6, 6.07) is 4.34. The maximum Gasteiger partial charge on any atom is 0.387 e. The molecule has 0 aliphatic rings. The highest BCUT2D eigenvalue weighted by Gasteiger charge is 2.15. The lowest BCUT2D eigenvalue weighted by Gasteiger charge is -2.10. The van der Waals surface area contributed by atoms with E-state index in [-0.39, 0.29) is 23.9 Å². The van der Waals surface area contributed by atoms with Gasteiger partial charge in [-0.25, -0.2) is 0 Å². The fourth-order valence-corrected chi connectivity index (χ4v) is 2.29. The number of nitrogens with zero attached hydrogens (tertiary/aromatic N) is 4. The van der Waals surface area contributed by atoms with Crippen molar-refractivity contribution in [2.24, 2.45) is 0 Å². The summed E-state index contributed by atoms with van der Waals surface area (Å²) in [6.45, 7) is -0.906. The molecule has 0 spiro atoms. The highest BCUT2D eigenvalue weighted by molar-refractivity contribution is 6.31. The SMILES string of the molecule is COc1cc(-c2nnc(Cn3cc(Cl)c(C)n3)o2)ccc1OC(F)F. The summed E-state index contributed by atoms with van der Waals surface area (Å²) in [5.74, 6) is 0.586. The van der Waals surface area contributed by atoms with E-state index in [9.17, 15) is 8.78 Å². The number of rotatable bonds is 6. The van der Waals surface area contributed by atoms with Crippen molar-refractivity contribution < 1.29 is 22.7 Å². The molecular formula is C15H13ClF2N4O3. The van der Waals surface area contributed by atoms with E-state index in [1.807, 2.05) is 0 Å². The topological polar surface area (TPSA) is 75.2 Å². The first-order chi connectivity index (χ1) is 12.0. The Morgan fingerprint density at radius 1 is 1.28 bits per heavy atom. The molecule has 2 aromatic heterocycles. The van der Waals surface area contributed by atoms with Crippen LogP contribution in [0.1, 0.15) is 11.6 Å². The third-order valence-electron chi connectivity index (χ3n) is 3.28. The maximum absolute atomic E-state index is 12.4. The van der Waals surface area contributed by atoms with E-state index in [0.717, 1.165) is 0 Å². The molecule has 7 nitrogen and oxygen atoms in total. The lowest BCUT2D eigenvalue weighted by Crippen LogP contribution is -2.03. The minimum atomic E-state index is -2.95. The van der Waals surface area contributed by atoms with Gasteiger partial charge in [-0.05, 0) is 25.1 Å². The second kappa shape index (κ2) is 7.06. The quantitative estimate of drug-likeness (QED) is 0.660. The van der Waals surface area contributed by atoms with Gasteiger partial charge in [0.1, 0.15) is 6.54 Å². The molecule has 3 rings (SSSR count). The molecule has 132 valence electrons. The largest absolute Gasteiger partial charge is 0.493 e. The van der Waals surface area contributed by atoms with Gasteiger partial charge in [-0.1, -0.05) is 11.6 Å². The second-order valence-corrected chi connectivity index (χ2v) is 5.41. The number of methoxy groups -OCH3 is 1. The molecule has 2 heterocycles. The molecule has 0 saturated heterocycles. The van der Waals surface area contributed by atoms with Crippen LogP contribution in [-0.2, 0) is 6.54 Å². The first-order valence-electron chi connectivity index (χ1n) is 7.11. The number of halogens is 3. The molecule has 0 unspecified atom stereocenters. The highest BCUT2D eigenvalue weighted by Crippen LogP contribution is 2.33. The van der Waals surface area contributed by atoms with Crippen molar-refractivity contribution in [2.75, 3.05) is 7.11 Å². The third-order valence-corrected chi connectivity index (χ3v) is 3.65. The fourth-order valence-electron chi connectivity index (χ4n) is 2.14. The molecular weight excluding hydrogens is 358 g/mol. The number of hydrogen-bond donors (Lipinski definition) is 0. The highest BCUT2D eigenvalue weighted by atomic mass is 35.5. The maximum atomic E-state index is 12.4. The minimum absolute atomic E-state index is 0.0809. The van der Waals surface area contributed by atoms with Crippen molar-refractivity contribution in [3.05, 3.63) is 41.0 Å². The molecule has 0 fully saturated rings. The first kappa shape index (κ1) is 17.2. The summed E-state index contributed by atoms with van der Waals surface area (Å²) < 4.78 is 41.3. The summed E-state index contributed by atoms with van der Waals surface area (Å²) in [5, 5.41) is 12.6. The van der Waals surface area contributed by atoms with E-state index in [2.05, 4.69) is 20.0 Å². The van der Waals surface area contributed by atoms with Gasteiger partial charge in [0.05, 0.1) is 17.8 Å². The number of benzene rings is 1. The number of ether oxygens (including phenoxy) is 2. The van der Waals surface area contributed by atoms with Crippen LogP contribution in [0.2, 0.25) is 5.02 Å². The number of aryl methyl sites for hydroxylation is 1. The van der Waals surface area contributed by atoms with E-state index >= 15 is 0 Å². The Morgan fingerprint density at radius 3 is 2.72 bits per heavy atom. The zero-order valence-corrected chi connectivity index (χ0v) is 14.0. The zero-order valence-electron chi connectivity index (χ0n) is 13.2. The molecule has 10 heteroatoms. The normalized spacial score (nSPS) is 11.1. The Hall–Kier alpha value is -2.68. The average Bonchev–Trinajstić information content (AvgIpc) is 3.14. The smallest absolute Gasteiger partial charge is 0.387 e. The van der Waals surface area contributed by atoms with Gasteiger partial charge in [-0.2, -0.15) is 13.9 Å². The van der Waals surface area contributed by atoms with Crippen LogP contribution in [0.4, 0.5) is 8.78 Å². The van der Waals surface area contributed by atoms with E-state index in [4.69, 9.17) is 20.8 Å². The predicted octanol–water partition coefficient (Wildman–Crippen LogP) is 3.55. The van der Waals surface area contributed by atoms with Gasteiger partial charge in [0.25, 0.3) is 0 Å². The Morgan fingerprint density at radius 2 is 2.08 bits per heavy atom. The molecule has 1 aromatic carbocycles. The predicted molar refractivity (Wildman–Crippen MR) is 84.0 cm³/mol. The lowest BCUT2D eigenvalue weighted by molar-refractivity contribution is -0.0512. The average molecular weight is 371 g/mol. The Labute approximate surface area is 146 Å². The van der Waals surface area contributed by atoms with Crippen molar-refractivity contribution in [1.82, 2.24) is 20.0 Å². The molecule has 25 heavy (non-hydrogen) atoms.